The van der Waals surface area contributed by atoms with Crippen LogP contribution in [0.3, 0.4) is 0 Å². The monoisotopic (exact) mass is 650 g/mol. The summed E-state index contributed by atoms with van der Waals surface area (Å²) >= 11 is 0. The van der Waals surface area contributed by atoms with Gasteiger partial charge in [0.2, 0.25) is 0 Å². The van der Waals surface area contributed by atoms with Crippen LogP contribution >= 0.6 is 0 Å². The predicted molar refractivity (Wildman–Crippen MR) is 142 cm³/mol. The average Bonchev–Trinajstić information content (AvgIpc) is 2.99. The van der Waals surface area contributed by atoms with Crippen molar-refractivity contribution in [1.29, 1.82) is 5.26 Å². The van der Waals surface area contributed by atoms with Gasteiger partial charge in [-0.15, -0.1) is 64.7 Å². The number of rotatable bonds is 2. The summed E-state index contributed by atoms with van der Waals surface area (Å²) in [7, 11) is 0. The molecule has 185 valence electrons. The molecule has 36 heavy (non-hydrogen) atoms. The minimum Gasteiger partial charge on any atom is -0.305 e. The number of hydrogen-bond acceptors (Lipinski definition) is 3. The molecule has 0 N–H and O–H groups in total. The first kappa shape index (κ1) is 27.5. The van der Waals surface area contributed by atoms with E-state index in [1.54, 1.807) is 24.4 Å². The molecule has 4 heteroatoms. The van der Waals surface area contributed by atoms with Crippen molar-refractivity contribution in [2.45, 2.75) is 52.4 Å². The van der Waals surface area contributed by atoms with Crippen LogP contribution in [0.25, 0.3) is 22.5 Å². The predicted octanol–water partition coefficient (Wildman–Crippen LogP) is 7.56. The Bertz CT molecular complexity index is 1370. The van der Waals surface area contributed by atoms with Crippen LogP contribution in [-0.2, 0) is 30.9 Å². The fourth-order valence-electron chi connectivity index (χ4n) is 4.86. The Hall–Kier alpha value is -3.12. The summed E-state index contributed by atoms with van der Waals surface area (Å²) in [6.07, 6.45) is 3.57. The second-order valence-corrected chi connectivity index (χ2v) is 10.6. The minimum absolute atomic E-state index is 0. The molecule has 2 aromatic heterocycles. The average molecular weight is 650 g/mol. The van der Waals surface area contributed by atoms with E-state index in [-0.39, 0.29) is 36.4 Å². The zero-order valence-electron chi connectivity index (χ0n) is 21.7. The van der Waals surface area contributed by atoms with E-state index in [1.807, 2.05) is 36.5 Å². The molecule has 1 aliphatic carbocycles. The number of nitriles is 1. The fourth-order valence-corrected chi connectivity index (χ4v) is 4.86. The van der Waals surface area contributed by atoms with E-state index >= 15 is 0 Å². The first-order valence-electron chi connectivity index (χ1n) is 11.9. The van der Waals surface area contributed by atoms with Gasteiger partial charge in [-0.1, -0.05) is 65.8 Å². The van der Waals surface area contributed by atoms with Crippen molar-refractivity contribution in [2.75, 3.05) is 0 Å². The molecule has 0 unspecified atom stereocenters. The van der Waals surface area contributed by atoms with Crippen molar-refractivity contribution in [2.24, 2.45) is 5.41 Å². The summed E-state index contributed by atoms with van der Waals surface area (Å²) in [6, 6.07) is 30.0. The first-order chi connectivity index (χ1) is 16.6. The molecule has 1 aliphatic rings. The van der Waals surface area contributed by atoms with Gasteiger partial charge < -0.3 is 9.97 Å². The second kappa shape index (κ2) is 10.5. The Labute approximate surface area is 229 Å². The standard InChI is InChI=1S/C20H24N.C12H7N2.Ir/c1-18(2)15-11-10-14(17-9-7-8-12-21-17)13-16(15)19(3,4)20(18,5)6;13-9-10-4-3-5-11(8-10)12-6-1-2-7-14-12;/h7-9,11-13H,1-6H3;1-4,6-8H;/q2*-1;. The zero-order valence-corrected chi connectivity index (χ0v) is 24.1. The first-order valence-corrected chi connectivity index (χ1v) is 11.9. The van der Waals surface area contributed by atoms with E-state index < -0.39 is 0 Å². The fraction of sp³-hybridized carbons (Fsp3) is 0.281. The zero-order chi connectivity index (χ0) is 25.3. The van der Waals surface area contributed by atoms with Crippen LogP contribution in [0, 0.1) is 28.9 Å². The van der Waals surface area contributed by atoms with E-state index in [1.165, 1.54) is 11.1 Å². The van der Waals surface area contributed by atoms with E-state index in [0.717, 1.165) is 22.5 Å². The molecule has 4 aromatic rings. The maximum atomic E-state index is 8.72. The molecule has 0 saturated carbocycles. The van der Waals surface area contributed by atoms with Gasteiger partial charge in [-0.2, -0.15) is 5.26 Å². The molecule has 0 amide bonds. The molecule has 0 bridgehead atoms. The number of pyridine rings is 2. The van der Waals surface area contributed by atoms with Crippen LogP contribution in [0.1, 0.15) is 58.2 Å². The van der Waals surface area contributed by atoms with Gasteiger partial charge in [-0.3, -0.25) is 0 Å². The summed E-state index contributed by atoms with van der Waals surface area (Å²) in [5.74, 6) is 0. The smallest absolute Gasteiger partial charge is 0.0789 e. The minimum atomic E-state index is 0. The van der Waals surface area contributed by atoms with E-state index in [9.17, 15) is 0 Å². The van der Waals surface area contributed by atoms with Gasteiger partial charge in [0.25, 0.3) is 0 Å². The summed E-state index contributed by atoms with van der Waals surface area (Å²) in [4.78, 5) is 8.65. The third-order valence-corrected chi connectivity index (χ3v) is 8.23. The largest absolute Gasteiger partial charge is 0.305 e. The summed E-state index contributed by atoms with van der Waals surface area (Å²) < 4.78 is 0. The number of aromatic nitrogens is 2. The molecular formula is C32H31IrN3-2. The van der Waals surface area contributed by atoms with Crippen LogP contribution in [0.4, 0.5) is 0 Å². The van der Waals surface area contributed by atoms with Crippen molar-refractivity contribution in [3.63, 3.8) is 0 Å². The maximum Gasteiger partial charge on any atom is 0.0789 e. The van der Waals surface area contributed by atoms with E-state index in [2.05, 4.69) is 87.9 Å². The van der Waals surface area contributed by atoms with E-state index in [4.69, 9.17) is 5.26 Å². The Kier molecular flexibility index (Phi) is 7.99. The van der Waals surface area contributed by atoms with Crippen LogP contribution < -0.4 is 0 Å². The summed E-state index contributed by atoms with van der Waals surface area (Å²) in [5.41, 5.74) is 7.75. The quantitative estimate of drug-likeness (QED) is 0.211. The molecule has 0 spiro atoms. The third-order valence-electron chi connectivity index (χ3n) is 8.23. The molecular weight excluding hydrogens is 619 g/mol. The Morgan fingerprint density at radius 1 is 0.722 bits per heavy atom. The van der Waals surface area contributed by atoms with Gasteiger partial charge in [-0.05, 0) is 45.3 Å². The normalized spacial score (nSPS) is 15.9. The number of hydrogen-bond donors (Lipinski definition) is 0. The summed E-state index contributed by atoms with van der Waals surface area (Å²) in [5, 5.41) is 8.72. The van der Waals surface area contributed by atoms with Gasteiger partial charge in [0, 0.05) is 32.5 Å². The molecule has 5 rings (SSSR count). The maximum absolute atomic E-state index is 8.72. The van der Waals surface area contributed by atoms with Gasteiger partial charge in [0.1, 0.15) is 0 Å². The second-order valence-electron chi connectivity index (χ2n) is 10.6. The number of nitrogens with zero attached hydrogens (tertiary/aromatic N) is 3. The third kappa shape index (κ3) is 4.79. The van der Waals surface area contributed by atoms with Gasteiger partial charge >= 0.3 is 0 Å². The molecule has 0 atom stereocenters. The Balaban J connectivity index is 0.000000210. The molecule has 3 nitrogen and oxygen atoms in total. The Morgan fingerprint density at radius 2 is 1.28 bits per heavy atom. The molecule has 1 radical (unpaired) electrons. The van der Waals surface area contributed by atoms with Crippen molar-refractivity contribution in [3.05, 3.63) is 108 Å². The van der Waals surface area contributed by atoms with Gasteiger partial charge in [-0.25, -0.2) is 0 Å². The molecule has 0 fully saturated rings. The van der Waals surface area contributed by atoms with Crippen molar-refractivity contribution in [1.82, 2.24) is 9.97 Å². The van der Waals surface area contributed by atoms with Gasteiger partial charge in [0.05, 0.1) is 6.07 Å². The Morgan fingerprint density at radius 3 is 1.81 bits per heavy atom. The van der Waals surface area contributed by atoms with Crippen molar-refractivity contribution in [3.8, 4) is 28.6 Å². The van der Waals surface area contributed by atoms with Crippen molar-refractivity contribution < 1.29 is 20.1 Å². The SMILES string of the molecule is CC1(C)c2c[c-]c(-c3ccccn3)cc2C(C)(C)C1(C)C.N#Cc1cc[c-]c(-c2ccccn2)c1.[Ir]. The van der Waals surface area contributed by atoms with Crippen LogP contribution in [0.15, 0.2) is 79.1 Å². The topological polar surface area (TPSA) is 49.6 Å². The number of fused-ring (bicyclic) bond motifs is 1. The van der Waals surface area contributed by atoms with Crippen LogP contribution in [-0.4, -0.2) is 9.97 Å². The molecule has 2 heterocycles. The summed E-state index contributed by atoms with van der Waals surface area (Å²) in [6.45, 7) is 14.2. The molecule has 0 saturated heterocycles. The molecule has 2 aromatic carbocycles. The van der Waals surface area contributed by atoms with Crippen molar-refractivity contribution >= 4 is 0 Å². The van der Waals surface area contributed by atoms with Crippen LogP contribution in [0.5, 0.6) is 0 Å². The van der Waals surface area contributed by atoms with Crippen LogP contribution in [0.2, 0.25) is 0 Å². The van der Waals surface area contributed by atoms with E-state index in [0.29, 0.717) is 5.56 Å². The number of benzene rings is 2. The van der Waals surface area contributed by atoms with Gasteiger partial charge in [0.15, 0.2) is 0 Å². The molecule has 0 aliphatic heterocycles.